The van der Waals surface area contributed by atoms with Gasteiger partial charge in [-0.25, -0.2) is 0 Å². The lowest BCUT2D eigenvalue weighted by Gasteiger charge is -1.89. The Hall–Kier alpha value is 0.125. The number of hydrogen-bond donors (Lipinski definition) is 0. The second kappa shape index (κ2) is 2.61. The summed E-state index contributed by atoms with van der Waals surface area (Å²) in [5.41, 5.74) is 0.682. The van der Waals surface area contributed by atoms with Gasteiger partial charge in [0.1, 0.15) is 0 Å². The predicted molar refractivity (Wildman–Crippen MR) is 39.3 cm³/mol. The Morgan fingerprint density at radius 2 is 2.25 bits per heavy atom. The van der Waals surface area contributed by atoms with E-state index in [-0.39, 0.29) is 5.54 Å². The first-order valence-electron chi connectivity index (χ1n) is 2.45. The fourth-order valence-electron chi connectivity index (χ4n) is 0.638. The zero-order valence-corrected chi connectivity index (χ0v) is 5.78. The van der Waals surface area contributed by atoms with Crippen molar-refractivity contribution in [2.45, 2.75) is 6.42 Å². The molecule has 0 aromatic heterocycles. The van der Waals surface area contributed by atoms with Gasteiger partial charge in [0.05, 0.1) is 0 Å². The summed E-state index contributed by atoms with van der Waals surface area (Å²) in [5.74, 6) is 0. The van der Waals surface area contributed by atoms with Crippen LogP contribution < -0.4 is 0 Å². The maximum atomic E-state index is 5.53. The van der Waals surface area contributed by atoms with Gasteiger partial charge in [0.15, 0.2) is 0 Å². The molecule has 0 radical (unpaired) electrons. The molecule has 0 nitrogen and oxygen atoms in total. The zero-order valence-electron chi connectivity index (χ0n) is 4.27. The van der Waals surface area contributed by atoms with E-state index in [4.69, 9.17) is 22.9 Å². The number of halogens is 2. The Morgan fingerprint density at radius 3 is 2.50 bits per heavy atom. The Kier molecular flexibility index (Phi) is 2.04. The van der Waals surface area contributed by atoms with Crippen LogP contribution in [0.25, 0.3) is 0 Å². The van der Waals surface area contributed by atoms with E-state index in [0.29, 0.717) is 0 Å². The molecular weight excluding hydrogens is 142 g/mol. The maximum Gasteiger partial charge on any atom is 0.382 e. The summed E-state index contributed by atoms with van der Waals surface area (Å²) < 4.78 is 0. The third-order valence-corrected chi connectivity index (χ3v) is 1.56. The first kappa shape index (κ1) is 6.25. The Balaban J connectivity index is 2.58. The Bertz CT molecular complexity index is 137. The average molecular weight is 147 g/mol. The highest BCUT2D eigenvalue weighted by Crippen LogP contribution is 2.16. The van der Waals surface area contributed by atoms with Gasteiger partial charge in [0, 0.05) is 0 Å². The lowest BCUT2D eigenvalue weighted by molar-refractivity contribution is 1.45. The largest absolute Gasteiger partial charge is 0.382 e. The molecule has 1 aliphatic carbocycles. The van der Waals surface area contributed by atoms with Crippen LogP contribution in [0.1, 0.15) is 6.42 Å². The summed E-state index contributed by atoms with van der Waals surface area (Å²) in [6.45, 7) is 0. The highest BCUT2D eigenvalue weighted by atomic mass is 35.5. The summed E-state index contributed by atoms with van der Waals surface area (Å²) >= 11 is 11.1. The summed E-state index contributed by atoms with van der Waals surface area (Å²) in [4.78, 5) is 0. The van der Waals surface area contributed by atoms with Crippen molar-refractivity contribution in [2.75, 3.05) is 0 Å². The summed E-state index contributed by atoms with van der Waals surface area (Å²) in [6.07, 6.45) is 6.98. The van der Waals surface area contributed by atoms with E-state index < -0.39 is 0 Å². The molecule has 0 saturated heterocycles. The monoisotopic (exact) mass is 146 g/mol. The van der Waals surface area contributed by atoms with Crippen LogP contribution in [0.2, 0.25) is 0 Å². The minimum Gasteiger partial charge on any atom is -0.165 e. The predicted octanol–water partition coefficient (Wildman–Crippen LogP) is 2.38. The van der Waals surface area contributed by atoms with Crippen molar-refractivity contribution in [1.29, 1.82) is 0 Å². The minimum absolute atomic E-state index is 0.339. The molecule has 0 amide bonds. The lowest BCUT2D eigenvalue weighted by Crippen LogP contribution is -1.93. The SMILES string of the molecule is ClB(Cl)C1=CCC=C1. The minimum atomic E-state index is -0.339. The third-order valence-electron chi connectivity index (χ3n) is 1.05. The molecule has 0 aromatic rings. The summed E-state index contributed by atoms with van der Waals surface area (Å²) in [7, 11) is 0. The van der Waals surface area contributed by atoms with Gasteiger partial charge < -0.3 is 0 Å². The molecule has 0 N–H and O–H groups in total. The van der Waals surface area contributed by atoms with E-state index in [1.807, 2.05) is 18.2 Å². The van der Waals surface area contributed by atoms with Crippen molar-refractivity contribution in [2.24, 2.45) is 0 Å². The topological polar surface area (TPSA) is 0 Å². The molecule has 0 spiro atoms. The highest BCUT2D eigenvalue weighted by Gasteiger charge is 2.10. The van der Waals surface area contributed by atoms with Crippen molar-refractivity contribution >= 4 is 28.5 Å². The second-order valence-electron chi connectivity index (χ2n) is 1.64. The fourth-order valence-corrected chi connectivity index (χ4v) is 0.962. The quantitative estimate of drug-likeness (QED) is 0.499. The number of allylic oxidation sites excluding steroid dienone is 4. The van der Waals surface area contributed by atoms with Gasteiger partial charge in [0.25, 0.3) is 0 Å². The maximum absolute atomic E-state index is 5.53. The molecule has 0 unspecified atom stereocenters. The molecule has 0 atom stereocenters. The second-order valence-corrected chi connectivity index (χ2v) is 2.74. The molecule has 3 heteroatoms. The van der Waals surface area contributed by atoms with E-state index >= 15 is 0 Å². The molecule has 0 fully saturated rings. The van der Waals surface area contributed by atoms with Gasteiger partial charge in [-0.2, -0.15) is 22.9 Å². The standard InChI is InChI=1S/C5H5BCl2/c7-6(8)5-3-1-2-4-5/h1,3-4H,2H2. The van der Waals surface area contributed by atoms with Crippen molar-refractivity contribution in [3.05, 3.63) is 23.7 Å². The molecule has 1 rings (SSSR count). The highest BCUT2D eigenvalue weighted by molar-refractivity contribution is 7.37. The Labute approximate surface area is 59.1 Å². The van der Waals surface area contributed by atoms with Crippen LogP contribution in [0, 0.1) is 0 Å². The van der Waals surface area contributed by atoms with Gasteiger partial charge in [-0.05, 0) is 11.9 Å². The van der Waals surface area contributed by atoms with Gasteiger partial charge in [-0.3, -0.25) is 0 Å². The molecular formula is C5H5BCl2. The van der Waals surface area contributed by atoms with Crippen LogP contribution in [0.15, 0.2) is 23.7 Å². The molecule has 0 aromatic carbocycles. The van der Waals surface area contributed by atoms with Gasteiger partial charge in [0.2, 0.25) is 0 Å². The van der Waals surface area contributed by atoms with E-state index in [1.54, 1.807) is 0 Å². The van der Waals surface area contributed by atoms with Crippen LogP contribution in [-0.2, 0) is 0 Å². The molecule has 8 heavy (non-hydrogen) atoms. The number of rotatable bonds is 1. The molecule has 0 heterocycles. The Morgan fingerprint density at radius 1 is 1.50 bits per heavy atom. The van der Waals surface area contributed by atoms with E-state index in [2.05, 4.69) is 0 Å². The molecule has 0 saturated carbocycles. The van der Waals surface area contributed by atoms with Gasteiger partial charge in [-0.1, -0.05) is 18.2 Å². The van der Waals surface area contributed by atoms with Crippen molar-refractivity contribution < 1.29 is 0 Å². The van der Waals surface area contributed by atoms with Crippen molar-refractivity contribution in [3.8, 4) is 0 Å². The molecule has 42 valence electrons. The van der Waals surface area contributed by atoms with E-state index in [0.717, 1.165) is 11.9 Å². The third kappa shape index (κ3) is 1.30. The first-order valence-corrected chi connectivity index (χ1v) is 3.33. The summed E-state index contributed by atoms with van der Waals surface area (Å²) in [5, 5.41) is 0. The average Bonchev–Trinajstić information content (AvgIpc) is 2.12. The van der Waals surface area contributed by atoms with E-state index in [9.17, 15) is 0 Å². The van der Waals surface area contributed by atoms with Crippen LogP contribution in [0.4, 0.5) is 0 Å². The van der Waals surface area contributed by atoms with E-state index in [1.165, 1.54) is 0 Å². The lowest BCUT2D eigenvalue weighted by atomic mass is 9.94. The normalized spacial score (nSPS) is 16.5. The molecule has 1 aliphatic rings. The van der Waals surface area contributed by atoms with Crippen LogP contribution in [0.3, 0.4) is 0 Å². The van der Waals surface area contributed by atoms with Gasteiger partial charge in [-0.15, -0.1) is 0 Å². The first-order chi connectivity index (χ1) is 3.80. The van der Waals surface area contributed by atoms with Crippen molar-refractivity contribution in [3.63, 3.8) is 0 Å². The van der Waals surface area contributed by atoms with Crippen LogP contribution in [0.5, 0.6) is 0 Å². The summed E-state index contributed by atoms with van der Waals surface area (Å²) in [6, 6.07) is 0. The molecule has 0 bridgehead atoms. The number of hydrogen-bond acceptors (Lipinski definition) is 0. The van der Waals surface area contributed by atoms with Crippen molar-refractivity contribution in [1.82, 2.24) is 0 Å². The zero-order chi connectivity index (χ0) is 5.98. The fraction of sp³-hybridized carbons (Fsp3) is 0.200. The van der Waals surface area contributed by atoms with Crippen LogP contribution >= 0.6 is 22.9 Å². The van der Waals surface area contributed by atoms with Crippen LogP contribution in [-0.4, -0.2) is 5.54 Å². The smallest absolute Gasteiger partial charge is 0.165 e. The molecule has 0 aliphatic heterocycles. The van der Waals surface area contributed by atoms with Gasteiger partial charge >= 0.3 is 5.54 Å².